The second-order valence-corrected chi connectivity index (χ2v) is 3.84. The van der Waals surface area contributed by atoms with Crippen molar-refractivity contribution in [3.05, 3.63) is 30.1 Å². The Bertz CT molecular complexity index is 426. The molecule has 1 saturated heterocycles. The van der Waals surface area contributed by atoms with Gasteiger partial charge in [0.25, 0.3) is 0 Å². The van der Waals surface area contributed by atoms with E-state index in [2.05, 4.69) is 0 Å². The second kappa shape index (κ2) is 4.01. The van der Waals surface area contributed by atoms with Crippen LogP contribution in [0, 0.1) is 5.82 Å². The lowest BCUT2D eigenvalue weighted by molar-refractivity contribution is -0.148. The van der Waals surface area contributed by atoms with Crippen LogP contribution in [-0.4, -0.2) is 18.1 Å². The van der Waals surface area contributed by atoms with Crippen LogP contribution in [0.5, 0.6) is 0 Å². The molecule has 1 fully saturated rings. The number of alkyl halides is 3. The highest BCUT2D eigenvalue weighted by Crippen LogP contribution is 2.36. The maximum Gasteiger partial charge on any atom is 0.409 e. The number of carbonyl (C=O) groups excluding carboxylic acids is 1. The van der Waals surface area contributed by atoms with E-state index in [1.54, 1.807) is 0 Å². The summed E-state index contributed by atoms with van der Waals surface area (Å²) < 4.78 is 50.7. The number of amides is 1. The monoisotopic (exact) mass is 247 g/mol. The summed E-state index contributed by atoms with van der Waals surface area (Å²) in [6.45, 7) is 0. The van der Waals surface area contributed by atoms with Gasteiger partial charge in [-0.3, -0.25) is 4.79 Å². The molecule has 1 amide bonds. The largest absolute Gasteiger partial charge is 0.409 e. The summed E-state index contributed by atoms with van der Waals surface area (Å²) >= 11 is 0. The van der Waals surface area contributed by atoms with E-state index in [4.69, 9.17) is 0 Å². The third-order valence-electron chi connectivity index (χ3n) is 2.69. The molecule has 1 aliphatic rings. The van der Waals surface area contributed by atoms with E-state index in [0.717, 1.165) is 12.1 Å². The fraction of sp³-hybridized carbons (Fsp3) is 0.364. The molecule has 1 atom stereocenters. The van der Waals surface area contributed by atoms with Crippen molar-refractivity contribution in [2.75, 3.05) is 4.90 Å². The third kappa shape index (κ3) is 2.25. The first kappa shape index (κ1) is 11.9. The number of rotatable bonds is 1. The molecule has 92 valence electrons. The smallest absolute Gasteiger partial charge is 0.300 e. The summed E-state index contributed by atoms with van der Waals surface area (Å²) in [5, 5.41) is 0. The van der Waals surface area contributed by atoms with Gasteiger partial charge < -0.3 is 4.90 Å². The van der Waals surface area contributed by atoms with E-state index in [9.17, 15) is 22.4 Å². The molecular weight excluding hydrogens is 238 g/mol. The molecule has 0 spiro atoms. The highest BCUT2D eigenvalue weighted by Gasteiger charge is 2.49. The molecule has 0 unspecified atom stereocenters. The predicted molar refractivity (Wildman–Crippen MR) is 53.0 cm³/mol. The van der Waals surface area contributed by atoms with Crippen LogP contribution >= 0.6 is 0 Å². The van der Waals surface area contributed by atoms with Crippen molar-refractivity contribution >= 4 is 11.6 Å². The minimum Gasteiger partial charge on any atom is -0.300 e. The maximum atomic E-state index is 12.7. The number of nitrogens with zero attached hydrogens (tertiary/aromatic N) is 1. The average Bonchev–Trinajstić information content (AvgIpc) is 2.61. The molecule has 0 bridgehead atoms. The molecule has 1 aromatic carbocycles. The van der Waals surface area contributed by atoms with Crippen molar-refractivity contribution in [1.29, 1.82) is 0 Å². The normalized spacial score (nSPS) is 21.1. The molecule has 0 saturated carbocycles. The molecule has 0 aromatic heterocycles. The van der Waals surface area contributed by atoms with Crippen molar-refractivity contribution in [2.24, 2.45) is 0 Å². The van der Waals surface area contributed by atoms with Gasteiger partial charge in [-0.15, -0.1) is 0 Å². The molecule has 6 heteroatoms. The van der Waals surface area contributed by atoms with Gasteiger partial charge in [-0.1, -0.05) is 0 Å². The first-order chi connectivity index (χ1) is 7.89. The second-order valence-electron chi connectivity index (χ2n) is 3.84. The summed E-state index contributed by atoms with van der Waals surface area (Å²) in [6.07, 6.45) is -4.85. The Labute approximate surface area is 94.8 Å². The Morgan fingerprint density at radius 3 is 2.29 bits per heavy atom. The Kier molecular flexibility index (Phi) is 2.81. The minimum absolute atomic E-state index is 0.0798. The Morgan fingerprint density at radius 2 is 1.76 bits per heavy atom. The van der Waals surface area contributed by atoms with Crippen LogP contribution in [-0.2, 0) is 4.79 Å². The molecule has 2 nitrogen and oxygen atoms in total. The molecular formula is C11H9F4NO. The number of hydrogen-bond donors (Lipinski definition) is 0. The lowest BCUT2D eigenvalue weighted by atomic mass is 10.2. The van der Waals surface area contributed by atoms with Gasteiger partial charge in [0.1, 0.15) is 11.9 Å². The molecule has 0 N–H and O–H groups in total. The minimum atomic E-state index is -4.46. The van der Waals surface area contributed by atoms with Gasteiger partial charge >= 0.3 is 6.18 Å². The van der Waals surface area contributed by atoms with Crippen molar-refractivity contribution in [3.8, 4) is 0 Å². The molecule has 0 radical (unpaired) electrons. The third-order valence-corrected chi connectivity index (χ3v) is 2.69. The van der Waals surface area contributed by atoms with Crippen molar-refractivity contribution < 1.29 is 22.4 Å². The zero-order valence-electron chi connectivity index (χ0n) is 8.67. The number of halogens is 4. The molecule has 2 rings (SSSR count). The number of carbonyl (C=O) groups is 1. The Hall–Kier alpha value is -1.59. The average molecular weight is 247 g/mol. The SMILES string of the molecule is O=C1CC[C@@H](C(F)(F)F)N1c1ccc(F)cc1. The van der Waals surface area contributed by atoms with E-state index >= 15 is 0 Å². The summed E-state index contributed by atoms with van der Waals surface area (Å²) in [5.41, 5.74) is 0.0798. The highest BCUT2D eigenvalue weighted by atomic mass is 19.4. The van der Waals surface area contributed by atoms with Gasteiger partial charge in [-0.25, -0.2) is 4.39 Å². The topological polar surface area (TPSA) is 20.3 Å². The van der Waals surface area contributed by atoms with Gasteiger partial charge in [0.2, 0.25) is 5.91 Å². The fourth-order valence-electron chi connectivity index (χ4n) is 1.92. The van der Waals surface area contributed by atoms with Crippen molar-refractivity contribution in [3.63, 3.8) is 0 Å². The van der Waals surface area contributed by atoms with Crippen LogP contribution in [0.15, 0.2) is 24.3 Å². The number of hydrogen-bond acceptors (Lipinski definition) is 1. The molecule has 1 aromatic rings. The Morgan fingerprint density at radius 1 is 1.18 bits per heavy atom. The lowest BCUT2D eigenvalue weighted by Gasteiger charge is -2.26. The van der Waals surface area contributed by atoms with Crippen LogP contribution < -0.4 is 4.90 Å². The fourth-order valence-corrected chi connectivity index (χ4v) is 1.92. The van der Waals surface area contributed by atoms with E-state index in [1.807, 2.05) is 0 Å². The molecule has 1 aliphatic heterocycles. The van der Waals surface area contributed by atoms with Gasteiger partial charge in [-0.2, -0.15) is 13.2 Å². The zero-order chi connectivity index (χ0) is 12.6. The van der Waals surface area contributed by atoms with Crippen LogP contribution in [0.2, 0.25) is 0 Å². The summed E-state index contributed by atoms with van der Waals surface area (Å²) in [4.78, 5) is 12.1. The van der Waals surface area contributed by atoms with Gasteiger partial charge in [0, 0.05) is 12.1 Å². The Balaban J connectivity index is 2.34. The highest BCUT2D eigenvalue weighted by molar-refractivity contribution is 5.96. The van der Waals surface area contributed by atoms with Gasteiger partial charge in [0.15, 0.2) is 0 Å². The molecule has 1 heterocycles. The quantitative estimate of drug-likeness (QED) is 0.699. The first-order valence-electron chi connectivity index (χ1n) is 5.04. The summed E-state index contributed by atoms with van der Waals surface area (Å²) in [5.74, 6) is -1.14. The van der Waals surface area contributed by atoms with Crippen LogP contribution in [0.4, 0.5) is 23.2 Å². The number of benzene rings is 1. The van der Waals surface area contributed by atoms with Gasteiger partial charge in [0.05, 0.1) is 0 Å². The van der Waals surface area contributed by atoms with Crippen molar-refractivity contribution in [1.82, 2.24) is 0 Å². The van der Waals surface area contributed by atoms with E-state index in [-0.39, 0.29) is 18.5 Å². The van der Waals surface area contributed by atoms with Crippen molar-refractivity contribution in [2.45, 2.75) is 25.1 Å². The lowest BCUT2D eigenvalue weighted by Crippen LogP contribution is -2.43. The van der Waals surface area contributed by atoms with Gasteiger partial charge in [-0.05, 0) is 30.7 Å². The maximum absolute atomic E-state index is 12.7. The summed E-state index contributed by atoms with van der Waals surface area (Å²) in [6, 6.07) is 2.62. The number of anilines is 1. The molecule has 0 aliphatic carbocycles. The van der Waals surface area contributed by atoms with Crippen LogP contribution in [0.1, 0.15) is 12.8 Å². The van der Waals surface area contributed by atoms with E-state index in [0.29, 0.717) is 4.90 Å². The molecule has 17 heavy (non-hydrogen) atoms. The van der Waals surface area contributed by atoms with E-state index in [1.165, 1.54) is 12.1 Å². The predicted octanol–water partition coefficient (Wildman–Crippen LogP) is 2.88. The summed E-state index contributed by atoms with van der Waals surface area (Å²) in [7, 11) is 0. The standard InChI is InChI=1S/C11H9F4NO/c12-7-1-3-8(4-2-7)16-9(11(13,14)15)5-6-10(16)17/h1-4,9H,5-6H2/t9-/m0/s1. The first-order valence-corrected chi connectivity index (χ1v) is 5.04. The van der Waals surface area contributed by atoms with E-state index < -0.39 is 23.9 Å². The van der Waals surface area contributed by atoms with Crippen LogP contribution in [0.3, 0.4) is 0 Å². The zero-order valence-corrected chi connectivity index (χ0v) is 8.67. The van der Waals surface area contributed by atoms with Crippen LogP contribution in [0.25, 0.3) is 0 Å².